The van der Waals surface area contributed by atoms with Crippen LogP contribution >= 0.6 is 27.5 Å². The van der Waals surface area contributed by atoms with E-state index in [0.717, 1.165) is 0 Å². The Hall–Kier alpha value is -1.06. The third-order valence-electron chi connectivity index (χ3n) is 2.21. The van der Waals surface area contributed by atoms with Gasteiger partial charge in [0.05, 0.1) is 5.02 Å². The molecule has 4 heteroatoms. The number of para-hydroxylation sites is 1. The van der Waals surface area contributed by atoms with Crippen molar-refractivity contribution < 1.29 is 9.50 Å². The number of benzene rings is 2. The molecule has 1 nitrogen and oxygen atoms in total. The summed E-state index contributed by atoms with van der Waals surface area (Å²) in [7, 11) is 0. The molecule has 0 radical (unpaired) electrons. The summed E-state index contributed by atoms with van der Waals surface area (Å²) in [4.78, 5) is 0. The van der Waals surface area contributed by atoms with Crippen molar-refractivity contribution in [3.8, 4) is 16.9 Å². The molecule has 0 saturated carbocycles. The Kier molecular flexibility index (Phi) is 3.17. The summed E-state index contributed by atoms with van der Waals surface area (Å²) in [6.45, 7) is 0. The van der Waals surface area contributed by atoms with Crippen LogP contribution in [0.1, 0.15) is 0 Å². The second-order valence-electron chi connectivity index (χ2n) is 3.26. The molecule has 2 aromatic carbocycles. The van der Waals surface area contributed by atoms with Crippen LogP contribution in [0.25, 0.3) is 11.1 Å². The Bertz CT molecular complexity index is 543. The summed E-state index contributed by atoms with van der Waals surface area (Å²) < 4.78 is 14.3. The highest BCUT2D eigenvalue weighted by Crippen LogP contribution is 2.36. The van der Waals surface area contributed by atoms with Crippen LogP contribution in [0.15, 0.2) is 40.9 Å². The minimum absolute atomic E-state index is 0.106. The van der Waals surface area contributed by atoms with Gasteiger partial charge in [-0.05, 0) is 18.2 Å². The Labute approximate surface area is 106 Å². The lowest BCUT2D eigenvalue weighted by molar-refractivity contribution is 0.477. The van der Waals surface area contributed by atoms with Gasteiger partial charge in [0.15, 0.2) is 0 Å². The van der Waals surface area contributed by atoms with Gasteiger partial charge in [0.2, 0.25) is 0 Å². The number of rotatable bonds is 1. The van der Waals surface area contributed by atoms with Gasteiger partial charge in [-0.25, -0.2) is 4.39 Å². The van der Waals surface area contributed by atoms with Crippen LogP contribution in [-0.2, 0) is 0 Å². The van der Waals surface area contributed by atoms with Crippen LogP contribution in [-0.4, -0.2) is 5.11 Å². The van der Waals surface area contributed by atoms with Gasteiger partial charge in [0, 0.05) is 15.6 Å². The van der Waals surface area contributed by atoms with E-state index in [1.807, 2.05) is 0 Å². The summed E-state index contributed by atoms with van der Waals surface area (Å²) in [5.74, 6) is -0.516. The van der Waals surface area contributed by atoms with E-state index < -0.39 is 5.82 Å². The Morgan fingerprint density at radius 1 is 1.12 bits per heavy atom. The average Bonchev–Trinajstić information content (AvgIpc) is 2.23. The van der Waals surface area contributed by atoms with Crippen LogP contribution in [0.4, 0.5) is 4.39 Å². The maximum Gasteiger partial charge on any atom is 0.142 e. The third kappa shape index (κ3) is 2.06. The number of halogens is 3. The summed E-state index contributed by atoms with van der Waals surface area (Å²) in [5, 5.41) is 9.94. The molecule has 0 fully saturated rings. The standard InChI is InChI=1S/C12H7BrClFO/c13-7-4-5-8(11(15)6-7)9-2-1-3-10(14)12(9)16/h1-6,16H. The molecular weight excluding hydrogens is 294 g/mol. The van der Waals surface area contributed by atoms with Gasteiger partial charge in [-0.2, -0.15) is 0 Å². The van der Waals surface area contributed by atoms with E-state index in [1.54, 1.807) is 30.3 Å². The van der Waals surface area contributed by atoms with Gasteiger partial charge < -0.3 is 5.11 Å². The van der Waals surface area contributed by atoms with E-state index in [2.05, 4.69) is 15.9 Å². The molecule has 1 N–H and O–H groups in total. The fraction of sp³-hybridized carbons (Fsp3) is 0. The quantitative estimate of drug-likeness (QED) is 0.815. The van der Waals surface area contributed by atoms with Gasteiger partial charge in [-0.3, -0.25) is 0 Å². The molecule has 0 unspecified atom stereocenters. The first-order valence-electron chi connectivity index (χ1n) is 4.52. The SMILES string of the molecule is Oc1c(Cl)cccc1-c1ccc(Br)cc1F. The van der Waals surface area contributed by atoms with Gasteiger partial charge in [0.1, 0.15) is 11.6 Å². The monoisotopic (exact) mass is 300 g/mol. The predicted octanol–water partition coefficient (Wildman–Crippen LogP) is 4.61. The first-order chi connectivity index (χ1) is 7.59. The van der Waals surface area contributed by atoms with Crippen LogP contribution in [0.3, 0.4) is 0 Å². The maximum absolute atomic E-state index is 13.7. The first-order valence-corrected chi connectivity index (χ1v) is 5.69. The van der Waals surface area contributed by atoms with Gasteiger partial charge >= 0.3 is 0 Å². The second-order valence-corrected chi connectivity index (χ2v) is 4.58. The Balaban J connectivity index is 2.63. The highest BCUT2D eigenvalue weighted by molar-refractivity contribution is 9.10. The highest BCUT2D eigenvalue weighted by atomic mass is 79.9. The summed E-state index contributed by atoms with van der Waals surface area (Å²) in [6, 6.07) is 9.47. The van der Waals surface area contributed by atoms with Gasteiger partial charge in [0.25, 0.3) is 0 Å². The van der Waals surface area contributed by atoms with E-state index in [-0.39, 0.29) is 10.8 Å². The van der Waals surface area contributed by atoms with Crippen molar-refractivity contribution in [1.29, 1.82) is 0 Å². The van der Waals surface area contributed by atoms with E-state index in [0.29, 0.717) is 15.6 Å². The van der Waals surface area contributed by atoms with Crippen molar-refractivity contribution in [3.05, 3.63) is 51.7 Å². The van der Waals surface area contributed by atoms with Crippen LogP contribution < -0.4 is 0 Å². The molecule has 0 atom stereocenters. The van der Waals surface area contributed by atoms with Crippen molar-refractivity contribution in [2.45, 2.75) is 0 Å². The highest BCUT2D eigenvalue weighted by Gasteiger charge is 2.11. The average molecular weight is 302 g/mol. The summed E-state index contributed by atoms with van der Waals surface area (Å²) in [6.07, 6.45) is 0. The fourth-order valence-electron chi connectivity index (χ4n) is 1.44. The lowest BCUT2D eigenvalue weighted by Gasteiger charge is -2.07. The number of aromatic hydroxyl groups is 1. The fourth-order valence-corrected chi connectivity index (χ4v) is 1.95. The molecule has 0 aromatic heterocycles. The normalized spacial score (nSPS) is 10.4. The van der Waals surface area contributed by atoms with E-state index in [9.17, 15) is 9.50 Å². The van der Waals surface area contributed by atoms with Crippen molar-refractivity contribution in [2.24, 2.45) is 0 Å². The molecule has 0 heterocycles. The van der Waals surface area contributed by atoms with Crippen LogP contribution in [0, 0.1) is 5.82 Å². The number of phenolic OH excluding ortho intramolecular Hbond substituents is 1. The summed E-state index contributed by atoms with van der Waals surface area (Å²) in [5.41, 5.74) is 0.709. The molecule has 0 saturated heterocycles. The van der Waals surface area contributed by atoms with Gasteiger partial charge in [-0.1, -0.05) is 45.7 Å². The molecule has 0 spiro atoms. The predicted molar refractivity (Wildman–Crippen MR) is 66.2 cm³/mol. The lowest BCUT2D eigenvalue weighted by atomic mass is 10.0. The molecule has 0 aliphatic carbocycles. The third-order valence-corrected chi connectivity index (χ3v) is 3.01. The smallest absolute Gasteiger partial charge is 0.142 e. The molecule has 0 aliphatic heterocycles. The number of hydrogen-bond acceptors (Lipinski definition) is 1. The van der Waals surface area contributed by atoms with E-state index in [4.69, 9.17) is 11.6 Å². The topological polar surface area (TPSA) is 20.2 Å². The van der Waals surface area contributed by atoms with Crippen molar-refractivity contribution in [2.75, 3.05) is 0 Å². The molecule has 2 aromatic rings. The maximum atomic E-state index is 13.7. The van der Waals surface area contributed by atoms with E-state index in [1.165, 1.54) is 6.07 Å². The van der Waals surface area contributed by atoms with Crippen LogP contribution in [0.5, 0.6) is 5.75 Å². The van der Waals surface area contributed by atoms with Crippen molar-refractivity contribution in [3.63, 3.8) is 0 Å². The molecule has 2 rings (SSSR count). The lowest BCUT2D eigenvalue weighted by Crippen LogP contribution is -1.85. The Morgan fingerprint density at radius 2 is 1.88 bits per heavy atom. The largest absolute Gasteiger partial charge is 0.506 e. The van der Waals surface area contributed by atoms with Crippen LogP contribution in [0.2, 0.25) is 5.02 Å². The molecule has 0 amide bonds. The summed E-state index contributed by atoms with van der Waals surface area (Å²) >= 11 is 8.94. The Morgan fingerprint density at radius 3 is 2.56 bits per heavy atom. The minimum atomic E-state index is -0.410. The van der Waals surface area contributed by atoms with Gasteiger partial charge in [-0.15, -0.1) is 0 Å². The van der Waals surface area contributed by atoms with Crippen molar-refractivity contribution in [1.82, 2.24) is 0 Å². The zero-order valence-electron chi connectivity index (χ0n) is 8.05. The molecule has 16 heavy (non-hydrogen) atoms. The zero-order chi connectivity index (χ0) is 11.7. The molecule has 0 bridgehead atoms. The van der Waals surface area contributed by atoms with Crippen molar-refractivity contribution >= 4 is 27.5 Å². The minimum Gasteiger partial charge on any atom is -0.506 e. The molecule has 82 valence electrons. The number of phenols is 1. The zero-order valence-corrected chi connectivity index (χ0v) is 10.4. The second kappa shape index (κ2) is 4.44. The molecule has 0 aliphatic rings. The number of hydrogen-bond donors (Lipinski definition) is 1. The van der Waals surface area contributed by atoms with E-state index >= 15 is 0 Å². The molecular formula is C12H7BrClFO. The first kappa shape index (κ1) is 11.4.